The Morgan fingerprint density at radius 1 is 1.52 bits per heavy atom. The maximum Gasteiger partial charge on any atom is 0.320 e. The molecule has 0 aliphatic rings. The number of hydrogen-bond donors (Lipinski definition) is 3. The summed E-state index contributed by atoms with van der Waals surface area (Å²) in [6.45, 7) is 1.26. The molecule has 0 aromatic carbocycles. The molecule has 1 heterocycles. The highest BCUT2D eigenvalue weighted by atomic mass is 32.2. The Bertz CT molecular complexity index is 709. The van der Waals surface area contributed by atoms with Gasteiger partial charge in [0.05, 0.1) is 0 Å². The minimum atomic E-state index is -3.83. The lowest BCUT2D eigenvalue weighted by molar-refractivity contribution is -0.138. The molecule has 0 radical (unpaired) electrons. The molecule has 0 saturated heterocycles. The summed E-state index contributed by atoms with van der Waals surface area (Å²) in [6.07, 6.45) is 2.48. The first kappa shape index (κ1) is 21.7. The molecule has 0 fully saturated rings. The molecule has 0 aliphatic carbocycles. The van der Waals surface area contributed by atoms with Crippen LogP contribution in [-0.2, 0) is 26.7 Å². The van der Waals surface area contributed by atoms with Crippen molar-refractivity contribution in [3.8, 4) is 0 Å². The largest absolute Gasteiger partial charge is 0.480 e. The van der Waals surface area contributed by atoms with Crippen LogP contribution in [0.5, 0.6) is 0 Å². The maximum absolute atomic E-state index is 10.9. The number of amides is 1. The molecule has 13 heteroatoms. The van der Waals surface area contributed by atoms with Crippen LogP contribution in [0, 0.1) is 0 Å². The van der Waals surface area contributed by atoms with E-state index < -0.39 is 27.9 Å². The molecule has 10 nitrogen and oxygen atoms in total. The number of aromatic nitrogens is 2. The number of aryl methyl sites for hydroxylation is 1. The summed E-state index contributed by atoms with van der Waals surface area (Å²) >= 11 is 2.35. The molecule has 0 aliphatic heterocycles. The Morgan fingerprint density at radius 2 is 2.09 bits per heavy atom. The number of sulfonamides is 1. The van der Waals surface area contributed by atoms with Gasteiger partial charge >= 0.3 is 5.97 Å². The lowest BCUT2D eigenvalue weighted by Crippen LogP contribution is -2.30. The van der Waals surface area contributed by atoms with Crippen LogP contribution in [0.25, 0.3) is 0 Å². The second-order valence-electron chi connectivity index (χ2n) is 4.18. The monoisotopic (exact) mass is 385 g/mol. The number of primary sulfonamides is 1. The number of rotatable bonds is 5. The van der Waals surface area contributed by atoms with Crippen LogP contribution in [-0.4, -0.2) is 53.2 Å². The molecule has 0 spiro atoms. The maximum atomic E-state index is 10.9. The van der Waals surface area contributed by atoms with Gasteiger partial charge in [0.25, 0.3) is 10.0 Å². The minimum absolute atomic E-state index is 0.196. The third kappa shape index (κ3) is 8.80. The average molecular weight is 385 g/mol. The Kier molecular flexibility index (Phi) is 9.23. The van der Waals surface area contributed by atoms with Gasteiger partial charge in [-0.1, -0.05) is 11.3 Å². The van der Waals surface area contributed by atoms with Crippen molar-refractivity contribution in [2.24, 2.45) is 22.9 Å². The van der Waals surface area contributed by atoms with E-state index in [1.54, 1.807) is 11.8 Å². The number of nitrogens with zero attached hydrogens (tertiary/aromatic N) is 3. The van der Waals surface area contributed by atoms with E-state index in [1.807, 2.05) is 6.26 Å². The lowest BCUT2D eigenvalue weighted by Gasteiger charge is -2.02. The van der Waals surface area contributed by atoms with Crippen LogP contribution in [0.1, 0.15) is 13.3 Å². The van der Waals surface area contributed by atoms with E-state index in [0.717, 1.165) is 17.1 Å². The van der Waals surface area contributed by atoms with Gasteiger partial charge in [0, 0.05) is 14.0 Å². The molecule has 0 saturated carbocycles. The van der Waals surface area contributed by atoms with E-state index in [4.69, 9.17) is 16.0 Å². The number of nitrogens with two attached hydrogens (primary N) is 2. The van der Waals surface area contributed by atoms with Crippen LogP contribution < -0.4 is 15.7 Å². The van der Waals surface area contributed by atoms with Crippen LogP contribution >= 0.6 is 23.1 Å². The summed E-state index contributed by atoms with van der Waals surface area (Å²) in [5, 5.41) is 16.7. The first-order chi connectivity index (χ1) is 10.5. The van der Waals surface area contributed by atoms with Gasteiger partial charge in [-0.2, -0.15) is 16.8 Å². The number of carbonyl (C=O) groups excluding carboxylic acids is 1. The van der Waals surface area contributed by atoms with Crippen molar-refractivity contribution in [3.05, 3.63) is 4.80 Å². The number of aliphatic carboxylic acids is 1. The minimum Gasteiger partial charge on any atom is -0.480 e. The SMILES string of the molecule is CC(=O)/N=c1\sc(S(N)(=O)=O)nn1C.CSCC[C@H](N)C(=O)O. The number of thioether (sulfide) groups is 1. The zero-order chi connectivity index (χ0) is 18.2. The predicted molar refractivity (Wildman–Crippen MR) is 87.3 cm³/mol. The molecule has 0 unspecified atom stereocenters. The second kappa shape index (κ2) is 9.77. The summed E-state index contributed by atoms with van der Waals surface area (Å²) in [4.78, 5) is 24.5. The third-order valence-corrected chi connectivity index (χ3v) is 5.09. The fraction of sp³-hybridized carbons (Fsp3) is 0.600. The van der Waals surface area contributed by atoms with Crippen molar-refractivity contribution >= 4 is 45.0 Å². The number of carboxylic acid groups (broad SMARTS) is 1. The highest BCUT2D eigenvalue weighted by molar-refractivity contribution is 7.98. The fourth-order valence-corrected chi connectivity index (χ4v) is 3.12. The Labute approximate surface area is 141 Å². The molecule has 23 heavy (non-hydrogen) atoms. The van der Waals surface area contributed by atoms with Crippen molar-refractivity contribution in [1.29, 1.82) is 0 Å². The van der Waals surface area contributed by atoms with E-state index >= 15 is 0 Å². The molecular weight excluding hydrogens is 366 g/mol. The van der Waals surface area contributed by atoms with E-state index in [-0.39, 0.29) is 9.14 Å². The molecule has 5 N–H and O–H groups in total. The Morgan fingerprint density at radius 3 is 2.43 bits per heavy atom. The zero-order valence-electron chi connectivity index (χ0n) is 12.8. The molecule has 1 aromatic rings. The fourth-order valence-electron chi connectivity index (χ4n) is 1.04. The van der Waals surface area contributed by atoms with E-state index in [9.17, 15) is 18.0 Å². The van der Waals surface area contributed by atoms with Crippen LogP contribution in [0.4, 0.5) is 0 Å². The third-order valence-electron chi connectivity index (χ3n) is 2.13. The number of hydrogen-bond acceptors (Lipinski definition) is 8. The van der Waals surface area contributed by atoms with Crippen LogP contribution in [0.3, 0.4) is 0 Å². The molecule has 1 atom stereocenters. The van der Waals surface area contributed by atoms with Gasteiger partial charge in [-0.25, -0.2) is 18.2 Å². The number of carboxylic acids is 1. The molecular formula is C10H19N5O5S3. The summed E-state index contributed by atoms with van der Waals surface area (Å²) in [7, 11) is -2.35. The van der Waals surface area contributed by atoms with Crippen molar-refractivity contribution in [1.82, 2.24) is 9.78 Å². The van der Waals surface area contributed by atoms with E-state index in [0.29, 0.717) is 6.42 Å². The van der Waals surface area contributed by atoms with Gasteiger partial charge in [-0.05, 0) is 18.4 Å². The first-order valence-electron chi connectivity index (χ1n) is 6.08. The first-order valence-corrected chi connectivity index (χ1v) is 9.84. The topological polar surface area (TPSA) is 171 Å². The molecule has 132 valence electrons. The average Bonchev–Trinajstić information content (AvgIpc) is 2.77. The Balaban J connectivity index is 0.000000468. The molecule has 0 bridgehead atoms. The molecule has 1 amide bonds. The zero-order valence-corrected chi connectivity index (χ0v) is 15.2. The summed E-state index contributed by atoms with van der Waals surface area (Å²) in [6, 6.07) is -0.683. The van der Waals surface area contributed by atoms with Crippen LogP contribution in [0.2, 0.25) is 0 Å². The van der Waals surface area contributed by atoms with Gasteiger partial charge in [0.2, 0.25) is 15.0 Å². The van der Waals surface area contributed by atoms with Gasteiger partial charge < -0.3 is 10.8 Å². The summed E-state index contributed by atoms with van der Waals surface area (Å²) in [5.74, 6) is -0.526. The van der Waals surface area contributed by atoms with Crippen molar-refractivity contribution in [2.75, 3.05) is 12.0 Å². The molecule has 1 aromatic heterocycles. The van der Waals surface area contributed by atoms with E-state index in [2.05, 4.69) is 10.1 Å². The second-order valence-corrected chi connectivity index (χ2v) is 7.85. The van der Waals surface area contributed by atoms with Crippen molar-refractivity contribution in [2.45, 2.75) is 23.7 Å². The predicted octanol–water partition coefficient (Wildman–Crippen LogP) is -1.27. The van der Waals surface area contributed by atoms with Gasteiger partial charge in [0.1, 0.15) is 6.04 Å². The Hall–Kier alpha value is -1.28. The van der Waals surface area contributed by atoms with Crippen molar-refractivity contribution in [3.63, 3.8) is 0 Å². The summed E-state index contributed by atoms with van der Waals surface area (Å²) < 4.78 is 22.7. The molecule has 1 rings (SSSR count). The van der Waals surface area contributed by atoms with Gasteiger partial charge in [-0.15, -0.1) is 5.10 Å². The highest BCUT2D eigenvalue weighted by Crippen LogP contribution is 2.03. The van der Waals surface area contributed by atoms with Gasteiger partial charge in [-0.3, -0.25) is 9.59 Å². The highest BCUT2D eigenvalue weighted by Gasteiger charge is 2.14. The van der Waals surface area contributed by atoms with Crippen molar-refractivity contribution < 1.29 is 23.1 Å². The quantitative estimate of drug-likeness (QED) is 0.563. The standard InChI is InChI=1S/C5H8N4O3S2.C5H11NO2S/c1-3(10)7-4-9(2)8-5(13-4)14(6,11)12;1-9-3-2-4(6)5(7)8/h1-2H3,(H2,6,11,12);4H,2-3,6H2,1H3,(H,7,8)/b7-4-;/t;4-/m.0/s1. The van der Waals surface area contributed by atoms with Crippen LogP contribution in [0.15, 0.2) is 9.33 Å². The lowest BCUT2D eigenvalue weighted by atomic mass is 10.2. The van der Waals surface area contributed by atoms with E-state index in [1.165, 1.54) is 18.7 Å². The smallest absolute Gasteiger partial charge is 0.320 e. The summed E-state index contributed by atoms with van der Waals surface area (Å²) in [5.41, 5.74) is 5.19. The number of carbonyl (C=O) groups is 2. The normalized spacial score (nSPS) is 13.2. The van der Waals surface area contributed by atoms with Gasteiger partial charge in [0.15, 0.2) is 0 Å².